The molecular formula is C19H18N6. The average molecular weight is 330 g/mol. The lowest BCUT2D eigenvalue weighted by Crippen LogP contribution is -2.35. The first-order valence-electron chi connectivity index (χ1n) is 8.39. The lowest BCUT2D eigenvalue weighted by molar-refractivity contribution is 0.366. The van der Waals surface area contributed by atoms with E-state index >= 15 is 0 Å². The molecule has 1 aromatic carbocycles. The first kappa shape index (κ1) is 15.3. The normalized spacial score (nSPS) is 15.1. The number of hydrogen-bond donors (Lipinski definition) is 0. The zero-order valence-electron chi connectivity index (χ0n) is 13.8. The SMILES string of the molecule is N#Cc1cccc(-c2cccnc2)c1N1CCC(n2cncn2)CC1. The van der Waals surface area contributed by atoms with Gasteiger partial charge in [0.05, 0.1) is 17.3 Å². The number of para-hydroxylation sites is 1. The molecule has 0 atom stereocenters. The van der Waals surface area contributed by atoms with Crippen molar-refractivity contribution in [2.75, 3.05) is 18.0 Å². The van der Waals surface area contributed by atoms with Gasteiger partial charge in [-0.25, -0.2) is 9.67 Å². The number of nitriles is 1. The first-order valence-corrected chi connectivity index (χ1v) is 8.39. The monoisotopic (exact) mass is 330 g/mol. The Hall–Kier alpha value is -3.20. The molecule has 3 heterocycles. The summed E-state index contributed by atoms with van der Waals surface area (Å²) in [5.74, 6) is 0. The maximum Gasteiger partial charge on any atom is 0.137 e. The van der Waals surface area contributed by atoms with Gasteiger partial charge in [-0.05, 0) is 25.0 Å². The number of aromatic nitrogens is 4. The number of piperidine rings is 1. The summed E-state index contributed by atoms with van der Waals surface area (Å²) in [6.07, 6.45) is 8.94. The van der Waals surface area contributed by atoms with E-state index in [2.05, 4.69) is 32.1 Å². The van der Waals surface area contributed by atoms with Gasteiger partial charge in [0.15, 0.2) is 0 Å². The van der Waals surface area contributed by atoms with Gasteiger partial charge in [-0.3, -0.25) is 4.98 Å². The third-order valence-electron chi connectivity index (χ3n) is 4.72. The Morgan fingerprint density at radius 3 is 2.64 bits per heavy atom. The zero-order valence-corrected chi connectivity index (χ0v) is 13.8. The molecule has 25 heavy (non-hydrogen) atoms. The van der Waals surface area contributed by atoms with Crippen LogP contribution in [-0.4, -0.2) is 32.8 Å². The first-order chi connectivity index (χ1) is 12.4. The van der Waals surface area contributed by atoms with Crippen molar-refractivity contribution >= 4 is 5.69 Å². The lowest BCUT2D eigenvalue weighted by Gasteiger charge is -2.35. The lowest BCUT2D eigenvalue weighted by atomic mass is 9.97. The van der Waals surface area contributed by atoms with Crippen LogP contribution < -0.4 is 4.90 Å². The van der Waals surface area contributed by atoms with E-state index in [1.54, 1.807) is 18.9 Å². The van der Waals surface area contributed by atoms with Gasteiger partial charge >= 0.3 is 0 Å². The molecule has 6 nitrogen and oxygen atoms in total. The molecular weight excluding hydrogens is 312 g/mol. The molecule has 0 bridgehead atoms. The molecule has 0 saturated carbocycles. The minimum absolute atomic E-state index is 0.370. The molecule has 6 heteroatoms. The highest BCUT2D eigenvalue weighted by molar-refractivity contribution is 5.82. The van der Waals surface area contributed by atoms with Crippen molar-refractivity contribution in [1.82, 2.24) is 19.7 Å². The van der Waals surface area contributed by atoms with Crippen LogP contribution in [0, 0.1) is 11.3 Å². The Morgan fingerprint density at radius 1 is 1.08 bits per heavy atom. The quantitative estimate of drug-likeness (QED) is 0.738. The summed E-state index contributed by atoms with van der Waals surface area (Å²) in [6.45, 7) is 1.77. The third-order valence-corrected chi connectivity index (χ3v) is 4.72. The van der Waals surface area contributed by atoms with Crippen LogP contribution in [0.3, 0.4) is 0 Å². The van der Waals surface area contributed by atoms with Gasteiger partial charge in [0.1, 0.15) is 18.7 Å². The van der Waals surface area contributed by atoms with E-state index in [0.717, 1.165) is 42.7 Å². The van der Waals surface area contributed by atoms with Gasteiger partial charge in [0, 0.05) is 36.6 Å². The Bertz CT molecular complexity index is 874. The summed E-state index contributed by atoms with van der Waals surface area (Å²) in [5.41, 5.74) is 3.81. The number of benzene rings is 1. The van der Waals surface area contributed by atoms with E-state index in [4.69, 9.17) is 0 Å². The van der Waals surface area contributed by atoms with E-state index in [9.17, 15) is 5.26 Å². The van der Waals surface area contributed by atoms with Gasteiger partial charge in [0.2, 0.25) is 0 Å². The molecule has 0 radical (unpaired) electrons. The zero-order chi connectivity index (χ0) is 17.1. The largest absolute Gasteiger partial charge is 0.370 e. The number of anilines is 1. The van der Waals surface area contributed by atoms with Crippen molar-refractivity contribution < 1.29 is 0 Å². The molecule has 1 fully saturated rings. The van der Waals surface area contributed by atoms with E-state index in [-0.39, 0.29) is 0 Å². The second kappa shape index (κ2) is 6.73. The number of rotatable bonds is 3. The second-order valence-electron chi connectivity index (χ2n) is 6.15. The van der Waals surface area contributed by atoms with Crippen LogP contribution in [0.2, 0.25) is 0 Å². The van der Waals surface area contributed by atoms with Crippen LogP contribution in [0.4, 0.5) is 5.69 Å². The van der Waals surface area contributed by atoms with Crippen LogP contribution in [-0.2, 0) is 0 Å². The summed E-state index contributed by atoms with van der Waals surface area (Å²) in [5, 5.41) is 13.9. The Balaban J connectivity index is 1.65. The molecule has 4 rings (SSSR count). The Kier molecular flexibility index (Phi) is 4.13. The van der Waals surface area contributed by atoms with Gasteiger partial charge < -0.3 is 4.90 Å². The van der Waals surface area contributed by atoms with Crippen molar-refractivity contribution in [2.24, 2.45) is 0 Å². The predicted octanol–water partition coefficient (Wildman–Crippen LogP) is 3.05. The Labute approximate surface area is 146 Å². The molecule has 2 aromatic heterocycles. The smallest absolute Gasteiger partial charge is 0.137 e. The molecule has 0 unspecified atom stereocenters. The van der Waals surface area contributed by atoms with Crippen molar-refractivity contribution in [2.45, 2.75) is 18.9 Å². The fraction of sp³-hybridized carbons (Fsp3) is 0.263. The number of hydrogen-bond acceptors (Lipinski definition) is 5. The Morgan fingerprint density at radius 2 is 1.96 bits per heavy atom. The maximum atomic E-state index is 9.61. The predicted molar refractivity (Wildman–Crippen MR) is 94.9 cm³/mol. The van der Waals surface area contributed by atoms with E-state index < -0.39 is 0 Å². The minimum atomic E-state index is 0.370. The topological polar surface area (TPSA) is 70.6 Å². The van der Waals surface area contributed by atoms with Crippen LogP contribution in [0.15, 0.2) is 55.4 Å². The van der Waals surface area contributed by atoms with Gasteiger partial charge in [-0.15, -0.1) is 0 Å². The van der Waals surface area contributed by atoms with Crippen molar-refractivity contribution in [1.29, 1.82) is 5.26 Å². The molecule has 0 amide bonds. The highest BCUT2D eigenvalue weighted by atomic mass is 15.3. The molecule has 1 aliphatic rings. The van der Waals surface area contributed by atoms with Crippen LogP contribution >= 0.6 is 0 Å². The summed E-state index contributed by atoms with van der Waals surface area (Å²) < 4.78 is 1.94. The molecule has 0 aliphatic carbocycles. The molecule has 0 spiro atoms. The fourth-order valence-corrected chi connectivity index (χ4v) is 3.49. The molecule has 0 N–H and O–H groups in total. The van der Waals surface area contributed by atoms with Crippen LogP contribution in [0.5, 0.6) is 0 Å². The van der Waals surface area contributed by atoms with Crippen molar-refractivity contribution in [3.05, 3.63) is 60.9 Å². The highest BCUT2D eigenvalue weighted by Gasteiger charge is 2.24. The summed E-state index contributed by atoms with van der Waals surface area (Å²) in [7, 11) is 0. The minimum Gasteiger partial charge on any atom is -0.370 e. The molecule has 1 saturated heterocycles. The fourth-order valence-electron chi connectivity index (χ4n) is 3.49. The van der Waals surface area contributed by atoms with Gasteiger partial charge in [-0.2, -0.15) is 10.4 Å². The van der Waals surface area contributed by atoms with Crippen molar-refractivity contribution in [3.8, 4) is 17.2 Å². The maximum absolute atomic E-state index is 9.61. The van der Waals surface area contributed by atoms with Crippen LogP contribution in [0.1, 0.15) is 24.4 Å². The standard InChI is InChI=1S/C19H18N6/c20-11-15-3-1-5-18(16-4-2-8-21-12-16)19(15)24-9-6-17(7-10-24)25-14-22-13-23-25/h1-5,8,12-14,17H,6-7,9-10H2. The van der Waals surface area contributed by atoms with E-state index in [1.807, 2.05) is 35.1 Å². The summed E-state index contributed by atoms with van der Waals surface area (Å²) >= 11 is 0. The van der Waals surface area contributed by atoms with E-state index in [0.29, 0.717) is 11.6 Å². The van der Waals surface area contributed by atoms with Gasteiger partial charge in [-0.1, -0.05) is 18.2 Å². The number of pyridine rings is 1. The summed E-state index contributed by atoms with van der Waals surface area (Å²) in [6, 6.07) is 12.6. The van der Waals surface area contributed by atoms with E-state index in [1.165, 1.54) is 0 Å². The molecule has 3 aromatic rings. The number of nitrogens with zero attached hydrogens (tertiary/aromatic N) is 6. The third kappa shape index (κ3) is 2.96. The molecule has 1 aliphatic heterocycles. The summed E-state index contributed by atoms with van der Waals surface area (Å²) in [4.78, 5) is 10.6. The van der Waals surface area contributed by atoms with Gasteiger partial charge in [0.25, 0.3) is 0 Å². The highest BCUT2D eigenvalue weighted by Crippen LogP contribution is 2.36. The van der Waals surface area contributed by atoms with Crippen LogP contribution in [0.25, 0.3) is 11.1 Å². The average Bonchev–Trinajstić information content (AvgIpc) is 3.23. The molecule has 124 valence electrons. The second-order valence-corrected chi connectivity index (χ2v) is 6.15. The van der Waals surface area contributed by atoms with Crippen molar-refractivity contribution in [3.63, 3.8) is 0 Å².